The number of carbonyl (C=O) groups excluding carboxylic acids is 1. The van der Waals surface area contributed by atoms with Crippen LogP contribution in [-0.4, -0.2) is 10.8 Å². The molecule has 1 fully saturated rings. The van der Waals surface area contributed by atoms with Crippen molar-refractivity contribution in [2.45, 2.75) is 50.8 Å². The molecule has 19 heavy (non-hydrogen) atoms. The van der Waals surface area contributed by atoms with Crippen LogP contribution in [0.15, 0.2) is 24.3 Å². The standard InChI is InChI=1S/C16H21BrO2/c1-11(18)19-14-7-4-12(5-8-14)13-6-9-15(17)16(2,3)10-13/h4-5,7-8,13,15H,6,9-10H2,1-3H3/t13-,15-/m0/s1. The van der Waals surface area contributed by atoms with Crippen molar-refractivity contribution in [1.82, 2.24) is 0 Å². The molecule has 0 amide bonds. The Balaban J connectivity index is 2.08. The summed E-state index contributed by atoms with van der Waals surface area (Å²) in [5.41, 5.74) is 1.68. The van der Waals surface area contributed by atoms with Crippen LogP contribution in [-0.2, 0) is 4.79 Å². The number of halogens is 1. The Morgan fingerprint density at radius 3 is 2.42 bits per heavy atom. The van der Waals surface area contributed by atoms with Gasteiger partial charge < -0.3 is 4.74 Å². The zero-order chi connectivity index (χ0) is 14.0. The first-order chi connectivity index (χ1) is 8.88. The number of carbonyl (C=O) groups is 1. The van der Waals surface area contributed by atoms with Gasteiger partial charge >= 0.3 is 5.97 Å². The molecule has 3 heteroatoms. The van der Waals surface area contributed by atoms with Gasteiger partial charge in [-0.3, -0.25) is 4.79 Å². The summed E-state index contributed by atoms with van der Waals surface area (Å²) in [6.45, 7) is 6.07. The van der Waals surface area contributed by atoms with Gasteiger partial charge in [0.05, 0.1) is 0 Å². The summed E-state index contributed by atoms with van der Waals surface area (Å²) in [6, 6.07) is 7.97. The highest BCUT2D eigenvalue weighted by molar-refractivity contribution is 9.09. The van der Waals surface area contributed by atoms with Gasteiger partial charge in [-0.15, -0.1) is 0 Å². The van der Waals surface area contributed by atoms with Crippen molar-refractivity contribution >= 4 is 21.9 Å². The second-order valence-corrected chi connectivity index (χ2v) is 7.20. The predicted molar refractivity (Wildman–Crippen MR) is 80.8 cm³/mol. The van der Waals surface area contributed by atoms with Crippen molar-refractivity contribution < 1.29 is 9.53 Å². The van der Waals surface area contributed by atoms with E-state index < -0.39 is 0 Å². The Morgan fingerprint density at radius 2 is 1.89 bits per heavy atom. The largest absolute Gasteiger partial charge is 0.427 e. The zero-order valence-electron chi connectivity index (χ0n) is 11.8. The van der Waals surface area contributed by atoms with Gasteiger partial charge in [0.25, 0.3) is 0 Å². The van der Waals surface area contributed by atoms with Crippen LogP contribution >= 0.6 is 15.9 Å². The molecule has 0 aromatic heterocycles. The third-order valence-corrected chi connectivity index (χ3v) is 5.70. The van der Waals surface area contributed by atoms with E-state index in [0.717, 1.165) is 0 Å². The molecule has 0 bridgehead atoms. The maximum absolute atomic E-state index is 10.9. The highest BCUT2D eigenvalue weighted by Gasteiger charge is 2.35. The van der Waals surface area contributed by atoms with Crippen LogP contribution in [0.3, 0.4) is 0 Å². The van der Waals surface area contributed by atoms with Crippen molar-refractivity contribution in [2.75, 3.05) is 0 Å². The van der Waals surface area contributed by atoms with Crippen LogP contribution < -0.4 is 4.74 Å². The minimum absolute atomic E-state index is 0.270. The van der Waals surface area contributed by atoms with E-state index in [4.69, 9.17) is 4.74 Å². The fourth-order valence-corrected chi connectivity index (χ4v) is 3.31. The molecule has 2 atom stereocenters. The van der Waals surface area contributed by atoms with Crippen LogP contribution in [0.2, 0.25) is 0 Å². The van der Waals surface area contributed by atoms with Crippen LogP contribution in [0.4, 0.5) is 0 Å². The summed E-state index contributed by atoms with van der Waals surface area (Å²) in [5, 5.41) is 0. The summed E-state index contributed by atoms with van der Waals surface area (Å²) in [6.07, 6.45) is 3.62. The summed E-state index contributed by atoms with van der Waals surface area (Å²) in [5.74, 6) is 0.966. The van der Waals surface area contributed by atoms with Gasteiger partial charge in [0.1, 0.15) is 5.75 Å². The van der Waals surface area contributed by atoms with Gasteiger partial charge in [-0.1, -0.05) is 41.9 Å². The molecule has 0 heterocycles. The molecule has 104 valence electrons. The van der Waals surface area contributed by atoms with E-state index in [1.54, 1.807) is 0 Å². The number of benzene rings is 1. The molecule has 1 aromatic carbocycles. The molecule has 2 rings (SSSR count). The van der Waals surface area contributed by atoms with Crippen LogP contribution in [0.1, 0.15) is 51.5 Å². The van der Waals surface area contributed by atoms with Gasteiger partial charge in [0, 0.05) is 11.8 Å². The van der Waals surface area contributed by atoms with E-state index in [1.807, 2.05) is 12.1 Å². The summed E-state index contributed by atoms with van der Waals surface area (Å²) in [7, 11) is 0. The molecule has 2 nitrogen and oxygen atoms in total. The van der Waals surface area contributed by atoms with Crippen molar-refractivity contribution in [3.8, 4) is 5.75 Å². The number of hydrogen-bond donors (Lipinski definition) is 0. The molecule has 0 N–H and O–H groups in total. The Labute approximate surface area is 123 Å². The Bertz CT molecular complexity index is 450. The fraction of sp³-hybridized carbons (Fsp3) is 0.562. The number of rotatable bonds is 2. The first kappa shape index (κ1) is 14.6. The molecule has 0 unspecified atom stereocenters. The first-order valence-corrected chi connectivity index (χ1v) is 7.72. The SMILES string of the molecule is CC(=O)Oc1ccc([C@H]2CC[C@H](Br)C(C)(C)C2)cc1. The molecular weight excluding hydrogens is 304 g/mol. The lowest BCUT2D eigenvalue weighted by Gasteiger charge is -2.39. The quantitative estimate of drug-likeness (QED) is 0.449. The van der Waals surface area contributed by atoms with Crippen molar-refractivity contribution in [3.05, 3.63) is 29.8 Å². The molecule has 0 saturated heterocycles. The van der Waals surface area contributed by atoms with E-state index in [1.165, 1.54) is 31.7 Å². The number of hydrogen-bond acceptors (Lipinski definition) is 2. The lowest BCUT2D eigenvalue weighted by Crippen LogP contribution is -2.31. The molecule has 1 saturated carbocycles. The molecule has 1 aromatic rings. The third kappa shape index (κ3) is 3.59. The topological polar surface area (TPSA) is 26.3 Å². The van der Waals surface area contributed by atoms with Crippen molar-refractivity contribution in [1.29, 1.82) is 0 Å². The van der Waals surface area contributed by atoms with Gasteiger partial charge in [-0.25, -0.2) is 0 Å². The molecule has 1 aliphatic rings. The highest BCUT2D eigenvalue weighted by atomic mass is 79.9. The number of ether oxygens (including phenoxy) is 1. The van der Waals surface area contributed by atoms with Gasteiger partial charge in [0.15, 0.2) is 0 Å². The van der Waals surface area contributed by atoms with Crippen LogP contribution in [0, 0.1) is 5.41 Å². The minimum Gasteiger partial charge on any atom is -0.427 e. The van der Waals surface area contributed by atoms with Crippen molar-refractivity contribution in [2.24, 2.45) is 5.41 Å². The van der Waals surface area contributed by atoms with Gasteiger partial charge in [0.2, 0.25) is 0 Å². The van der Waals surface area contributed by atoms with E-state index >= 15 is 0 Å². The Kier molecular flexibility index (Phi) is 4.34. The summed E-state index contributed by atoms with van der Waals surface area (Å²) >= 11 is 3.79. The summed E-state index contributed by atoms with van der Waals surface area (Å²) < 4.78 is 5.07. The average molecular weight is 325 g/mol. The Hall–Kier alpha value is -0.830. The zero-order valence-corrected chi connectivity index (χ0v) is 13.4. The minimum atomic E-state index is -0.270. The lowest BCUT2D eigenvalue weighted by atomic mass is 9.70. The van der Waals surface area contributed by atoms with E-state index in [-0.39, 0.29) is 5.97 Å². The number of esters is 1. The predicted octanol–water partition coefficient (Wildman–Crippen LogP) is 4.67. The maximum atomic E-state index is 10.9. The smallest absolute Gasteiger partial charge is 0.308 e. The number of alkyl halides is 1. The first-order valence-electron chi connectivity index (χ1n) is 6.81. The van der Waals surface area contributed by atoms with Crippen molar-refractivity contribution in [3.63, 3.8) is 0 Å². The maximum Gasteiger partial charge on any atom is 0.308 e. The second-order valence-electron chi connectivity index (χ2n) is 6.10. The van der Waals surface area contributed by atoms with Gasteiger partial charge in [-0.05, 0) is 48.3 Å². The van der Waals surface area contributed by atoms with E-state index in [9.17, 15) is 4.79 Å². The van der Waals surface area contributed by atoms with E-state index in [0.29, 0.717) is 21.9 Å². The lowest BCUT2D eigenvalue weighted by molar-refractivity contribution is -0.131. The average Bonchev–Trinajstić information content (AvgIpc) is 2.33. The fourth-order valence-electron chi connectivity index (χ4n) is 2.86. The second kappa shape index (κ2) is 5.66. The molecule has 0 spiro atoms. The normalized spacial score (nSPS) is 25.9. The molecule has 0 aliphatic heterocycles. The highest BCUT2D eigenvalue weighted by Crippen LogP contribution is 2.46. The van der Waals surface area contributed by atoms with Gasteiger partial charge in [-0.2, -0.15) is 0 Å². The van der Waals surface area contributed by atoms with Crippen LogP contribution in [0.25, 0.3) is 0 Å². The molecule has 1 aliphatic carbocycles. The molecular formula is C16H21BrO2. The Morgan fingerprint density at radius 1 is 1.26 bits per heavy atom. The monoisotopic (exact) mass is 324 g/mol. The molecule has 0 radical (unpaired) electrons. The van der Waals surface area contributed by atoms with E-state index in [2.05, 4.69) is 41.9 Å². The van der Waals surface area contributed by atoms with Crippen LogP contribution in [0.5, 0.6) is 5.75 Å². The summed E-state index contributed by atoms with van der Waals surface area (Å²) in [4.78, 5) is 11.5. The third-order valence-electron chi connectivity index (χ3n) is 4.00.